The maximum atomic E-state index is 11.7. The van der Waals surface area contributed by atoms with Crippen molar-refractivity contribution < 1.29 is 9.90 Å². The highest BCUT2D eigenvalue weighted by molar-refractivity contribution is 5.82. The molecule has 1 aliphatic carbocycles. The molecule has 0 radical (unpaired) electrons. The Balaban J connectivity index is 2.42. The van der Waals surface area contributed by atoms with Crippen LogP contribution in [-0.4, -0.2) is 29.2 Å². The van der Waals surface area contributed by atoms with Crippen molar-refractivity contribution >= 4 is 5.91 Å². The standard InChI is InChI=1S/C11H22N2O2/c1-7(2)10(12)11(15)13-8-5-3-4-6-9(8)14/h7-10,14H,3-6,12H2,1-2H3,(H,13,15)/t8-,9-,10?/m0/s1. The summed E-state index contributed by atoms with van der Waals surface area (Å²) in [5, 5.41) is 12.5. The maximum Gasteiger partial charge on any atom is 0.237 e. The number of hydrogen-bond donors (Lipinski definition) is 3. The summed E-state index contributed by atoms with van der Waals surface area (Å²) in [5.41, 5.74) is 5.73. The summed E-state index contributed by atoms with van der Waals surface area (Å²) in [7, 11) is 0. The zero-order chi connectivity index (χ0) is 11.4. The molecule has 0 aromatic heterocycles. The van der Waals surface area contributed by atoms with Crippen LogP contribution in [0, 0.1) is 5.92 Å². The lowest BCUT2D eigenvalue weighted by Gasteiger charge is -2.29. The van der Waals surface area contributed by atoms with Crippen LogP contribution in [0.4, 0.5) is 0 Å². The van der Waals surface area contributed by atoms with E-state index < -0.39 is 12.1 Å². The number of hydrogen-bond acceptors (Lipinski definition) is 3. The van der Waals surface area contributed by atoms with E-state index in [4.69, 9.17) is 5.73 Å². The predicted octanol–water partition coefficient (Wildman–Crippen LogP) is 0.389. The molecule has 0 saturated heterocycles. The van der Waals surface area contributed by atoms with E-state index in [9.17, 15) is 9.90 Å². The average Bonchev–Trinajstić information content (AvgIpc) is 2.20. The molecule has 1 rings (SSSR count). The van der Waals surface area contributed by atoms with E-state index in [1.54, 1.807) is 0 Å². The van der Waals surface area contributed by atoms with Gasteiger partial charge in [0.25, 0.3) is 0 Å². The number of rotatable bonds is 3. The van der Waals surface area contributed by atoms with Gasteiger partial charge in [-0.3, -0.25) is 4.79 Å². The quantitative estimate of drug-likeness (QED) is 0.636. The summed E-state index contributed by atoms with van der Waals surface area (Å²) >= 11 is 0. The third kappa shape index (κ3) is 3.47. The fourth-order valence-corrected chi connectivity index (χ4v) is 1.86. The maximum absolute atomic E-state index is 11.7. The van der Waals surface area contributed by atoms with Crippen LogP contribution in [0.25, 0.3) is 0 Å². The minimum absolute atomic E-state index is 0.101. The number of nitrogens with two attached hydrogens (primary N) is 1. The van der Waals surface area contributed by atoms with Gasteiger partial charge in [-0.25, -0.2) is 0 Å². The Morgan fingerprint density at radius 2 is 2.00 bits per heavy atom. The van der Waals surface area contributed by atoms with Crippen LogP contribution in [-0.2, 0) is 4.79 Å². The van der Waals surface area contributed by atoms with Gasteiger partial charge in [-0.2, -0.15) is 0 Å². The second kappa shape index (κ2) is 5.47. The zero-order valence-corrected chi connectivity index (χ0v) is 9.57. The molecule has 0 heterocycles. The van der Waals surface area contributed by atoms with E-state index in [1.807, 2.05) is 13.8 Å². The second-order valence-electron chi connectivity index (χ2n) is 4.74. The first-order chi connectivity index (χ1) is 7.02. The SMILES string of the molecule is CC(C)C(N)C(=O)N[C@H]1CCCC[C@@H]1O. The normalized spacial score (nSPS) is 28.9. The molecule has 1 unspecified atom stereocenters. The van der Waals surface area contributed by atoms with E-state index in [0.717, 1.165) is 25.7 Å². The van der Waals surface area contributed by atoms with Crippen molar-refractivity contribution in [2.24, 2.45) is 11.7 Å². The molecular weight excluding hydrogens is 192 g/mol. The van der Waals surface area contributed by atoms with E-state index in [-0.39, 0.29) is 17.9 Å². The van der Waals surface area contributed by atoms with Gasteiger partial charge in [-0.05, 0) is 18.8 Å². The monoisotopic (exact) mass is 214 g/mol. The smallest absolute Gasteiger partial charge is 0.237 e. The number of amides is 1. The summed E-state index contributed by atoms with van der Waals surface area (Å²) in [5.74, 6) is -0.0123. The number of aliphatic hydroxyl groups is 1. The van der Waals surface area contributed by atoms with E-state index in [0.29, 0.717) is 0 Å². The Morgan fingerprint density at radius 1 is 1.40 bits per heavy atom. The van der Waals surface area contributed by atoms with Crippen molar-refractivity contribution in [3.8, 4) is 0 Å². The molecule has 0 bridgehead atoms. The molecule has 4 N–H and O–H groups in total. The van der Waals surface area contributed by atoms with Crippen molar-refractivity contribution in [1.82, 2.24) is 5.32 Å². The molecule has 0 aromatic carbocycles. The molecule has 1 aliphatic rings. The number of carbonyl (C=O) groups is 1. The minimum Gasteiger partial charge on any atom is -0.391 e. The highest BCUT2D eigenvalue weighted by Crippen LogP contribution is 2.18. The second-order valence-corrected chi connectivity index (χ2v) is 4.74. The average molecular weight is 214 g/mol. The lowest BCUT2D eigenvalue weighted by atomic mass is 9.92. The fraction of sp³-hybridized carbons (Fsp3) is 0.909. The molecule has 1 amide bonds. The first-order valence-corrected chi connectivity index (χ1v) is 5.76. The molecule has 0 aliphatic heterocycles. The molecule has 15 heavy (non-hydrogen) atoms. The van der Waals surface area contributed by atoms with Gasteiger partial charge >= 0.3 is 0 Å². The number of carbonyl (C=O) groups excluding carboxylic acids is 1. The van der Waals surface area contributed by atoms with Crippen molar-refractivity contribution in [2.45, 2.75) is 57.7 Å². The molecule has 4 heteroatoms. The van der Waals surface area contributed by atoms with Crippen LogP contribution in [0.15, 0.2) is 0 Å². The van der Waals surface area contributed by atoms with Gasteiger partial charge in [0.15, 0.2) is 0 Å². The van der Waals surface area contributed by atoms with Gasteiger partial charge in [0, 0.05) is 0 Å². The van der Waals surface area contributed by atoms with E-state index >= 15 is 0 Å². The third-order valence-corrected chi connectivity index (χ3v) is 3.08. The molecule has 3 atom stereocenters. The Bertz CT molecular complexity index is 219. The van der Waals surface area contributed by atoms with Crippen LogP contribution >= 0.6 is 0 Å². The van der Waals surface area contributed by atoms with Gasteiger partial charge in [0.2, 0.25) is 5.91 Å². The molecule has 88 valence electrons. The number of aliphatic hydroxyl groups excluding tert-OH is 1. The molecule has 1 saturated carbocycles. The number of nitrogens with one attached hydrogen (secondary N) is 1. The van der Waals surface area contributed by atoms with E-state index in [2.05, 4.69) is 5.32 Å². The van der Waals surface area contributed by atoms with Crippen LogP contribution in [0.1, 0.15) is 39.5 Å². The Labute approximate surface area is 91.2 Å². The summed E-state index contributed by atoms with van der Waals surface area (Å²) in [6.45, 7) is 3.84. The van der Waals surface area contributed by atoms with Crippen LogP contribution < -0.4 is 11.1 Å². The fourth-order valence-electron chi connectivity index (χ4n) is 1.86. The van der Waals surface area contributed by atoms with Crippen molar-refractivity contribution in [3.63, 3.8) is 0 Å². The van der Waals surface area contributed by atoms with Gasteiger partial charge in [-0.1, -0.05) is 26.7 Å². The zero-order valence-electron chi connectivity index (χ0n) is 9.57. The highest BCUT2D eigenvalue weighted by atomic mass is 16.3. The minimum atomic E-state index is -0.473. The first kappa shape index (κ1) is 12.5. The van der Waals surface area contributed by atoms with Gasteiger partial charge in [-0.15, -0.1) is 0 Å². The van der Waals surface area contributed by atoms with E-state index in [1.165, 1.54) is 0 Å². The predicted molar refractivity (Wildman–Crippen MR) is 59.2 cm³/mol. The lowest BCUT2D eigenvalue weighted by molar-refractivity contribution is -0.125. The Kier molecular flexibility index (Phi) is 4.54. The van der Waals surface area contributed by atoms with Crippen LogP contribution in [0.3, 0.4) is 0 Å². The summed E-state index contributed by atoms with van der Waals surface area (Å²) in [6, 6.07) is -0.574. The molecular formula is C11H22N2O2. The summed E-state index contributed by atoms with van der Waals surface area (Å²) in [4.78, 5) is 11.7. The van der Waals surface area contributed by atoms with Gasteiger partial charge in [0.05, 0.1) is 18.2 Å². The molecule has 1 fully saturated rings. The first-order valence-electron chi connectivity index (χ1n) is 5.76. The van der Waals surface area contributed by atoms with Crippen molar-refractivity contribution in [1.29, 1.82) is 0 Å². The van der Waals surface area contributed by atoms with Crippen LogP contribution in [0.2, 0.25) is 0 Å². The van der Waals surface area contributed by atoms with Crippen molar-refractivity contribution in [2.75, 3.05) is 0 Å². The lowest BCUT2D eigenvalue weighted by Crippen LogP contribution is -2.52. The van der Waals surface area contributed by atoms with Gasteiger partial charge < -0.3 is 16.2 Å². The highest BCUT2D eigenvalue weighted by Gasteiger charge is 2.27. The Hall–Kier alpha value is -0.610. The molecule has 4 nitrogen and oxygen atoms in total. The van der Waals surface area contributed by atoms with Gasteiger partial charge in [0.1, 0.15) is 0 Å². The molecule has 0 spiro atoms. The summed E-state index contributed by atoms with van der Waals surface area (Å²) in [6.07, 6.45) is 3.35. The Morgan fingerprint density at radius 3 is 2.53 bits per heavy atom. The largest absolute Gasteiger partial charge is 0.391 e. The topological polar surface area (TPSA) is 75.4 Å². The van der Waals surface area contributed by atoms with Crippen molar-refractivity contribution in [3.05, 3.63) is 0 Å². The summed E-state index contributed by atoms with van der Waals surface area (Å²) < 4.78 is 0. The molecule has 0 aromatic rings. The third-order valence-electron chi connectivity index (χ3n) is 3.08. The van der Waals surface area contributed by atoms with Crippen LogP contribution in [0.5, 0.6) is 0 Å².